The van der Waals surface area contributed by atoms with Gasteiger partial charge in [-0.2, -0.15) is 0 Å². The highest BCUT2D eigenvalue weighted by molar-refractivity contribution is 7.91. The van der Waals surface area contributed by atoms with E-state index in [0.29, 0.717) is 29.8 Å². The lowest BCUT2D eigenvalue weighted by Crippen LogP contribution is -2.50. The lowest BCUT2D eigenvalue weighted by atomic mass is 9.78. The summed E-state index contributed by atoms with van der Waals surface area (Å²) in [6.07, 6.45) is 2.82. The van der Waals surface area contributed by atoms with Gasteiger partial charge in [-0.15, -0.1) is 0 Å². The fourth-order valence-corrected chi connectivity index (χ4v) is 6.62. The van der Waals surface area contributed by atoms with Crippen LogP contribution in [-0.2, 0) is 16.3 Å². The first-order valence-electron chi connectivity index (χ1n) is 11.2. The van der Waals surface area contributed by atoms with Crippen LogP contribution in [0.1, 0.15) is 43.7 Å². The molecule has 2 aliphatic heterocycles. The van der Waals surface area contributed by atoms with Crippen molar-refractivity contribution in [1.82, 2.24) is 0 Å². The van der Waals surface area contributed by atoms with E-state index in [1.165, 1.54) is 16.8 Å². The summed E-state index contributed by atoms with van der Waals surface area (Å²) in [5.41, 5.74) is 3.86. The average Bonchev–Trinajstić information content (AvgIpc) is 2.71. The smallest absolute Gasteiger partial charge is 0.150 e. The molecule has 2 atom stereocenters. The molecule has 2 unspecified atom stereocenters. The number of ether oxygens (including phenoxy) is 1. The molecule has 2 aliphatic rings. The van der Waals surface area contributed by atoms with Gasteiger partial charge >= 0.3 is 0 Å². The maximum absolute atomic E-state index is 12.1. The number of benzene rings is 2. The zero-order valence-electron chi connectivity index (χ0n) is 18.1. The first-order valence-corrected chi connectivity index (χ1v) is 13.1. The lowest BCUT2D eigenvalue weighted by Gasteiger charge is -2.42. The third kappa shape index (κ3) is 4.66. The topological polar surface area (TPSA) is 46.6 Å². The standard InChI is InChI=1S/C25H33NO3S/c1-3-12-30(27,28)18-20-15-26(16-20)22-10-11-25-24(14-22)23(21(4-2)17-29-25)13-19-8-6-5-7-9-19/h5-11,14,20-21,23H,3-4,12-13,15-18H2,1-2H3. The number of fused-ring (bicyclic) bond motifs is 1. The summed E-state index contributed by atoms with van der Waals surface area (Å²) in [6.45, 7) is 6.60. The molecule has 0 bridgehead atoms. The van der Waals surface area contributed by atoms with Crippen molar-refractivity contribution in [1.29, 1.82) is 0 Å². The van der Waals surface area contributed by atoms with Crippen LogP contribution >= 0.6 is 0 Å². The van der Waals surface area contributed by atoms with E-state index in [4.69, 9.17) is 4.74 Å². The highest BCUT2D eigenvalue weighted by Gasteiger charge is 2.34. The second-order valence-electron chi connectivity index (χ2n) is 8.88. The van der Waals surface area contributed by atoms with E-state index in [1.807, 2.05) is 6.92 Å². The molecule has 2 aromatic rings. The van der Waals surface area contributed by atoms with Crippen molar-refractivity contribution in [3.05, 3.63) is 59.7 Å². The Labute approximate surface area is 181 Å². The minimum atomic E-state index is -2.91. The fourth-order valence-electron chi connectivity index (χ4n) is 4.91. The van der Waals surface area contributed by atoms with Crippen molar-refractivity contribution in [3.8, 4) is 5.75 Å². The normalized spacial score (nSPS) is 21.6. The molecule has 30 heavy (non-hydrogen) atoms. The first-order chi connectivity index (χ1) is 14.5. The molecule has 162 valence electrons. The average molecular weight is 428 g/mol. The summed E-state index contributed by atoms with van der Waals surface area (Å²) in [6, 6.07) is 17.2. The van der Waals surface area contributed by atoms with E-state index >= 15 is 0 Å². The predicted octanol–water partition coefficient (Wildman–Crippen LogP) is 4.69. The molecule has 0 saturated carbocycles. The Hall–Kier alpha value is -2.01. The third-order valence-corrected chi connectivity index (χ3v) is 8.57. The quantitative estimate of drug-likeness (QED) is 0.613. The number of hydrogen-bond acceptors (Lipinski definition) is 4. The Balaban J connectivity index is 1.50. The van der Waals surface area contributed by atoms with E-state index in [1.54, 1.807) is 0 Å². The van der Waals surface area contributed by atoms with Gasteiger partial charge < -0.3 is 9.64 Å². The largest absolute Gasteiger partial charge is 0.493 e. The van der Waals surface area contributed by atoms with Gasteiger partial charge in [0.25, 0.3) is 0 Å². The highest BCUT2D eigenvalue weighted by atomic mass is 32.2. The van der Waals surface area contributed by atoms with Crippen LogP contribution in [0.2, 0.25) is 0 Å². The van der Waals surface area contributed by atoms with E-state index in [9.17, 15) is 8.42 Å². The number of hydrogen-bond donors (Lipinski definition) is 0. The van der Waals surface area contributed by atoms with Crippen molar-refractivity contribution in [2.75, 3.05) is 36.1 Å². The molecule has 0 spiro atoms. The van der Waals surface area contributed by atoms with Crippen LogP contribution in [0.5, 0.6) is 5.75 Å². The van der Waals surface area contributed by atoms with Crippen LogP contribution in [-0.4, -0.2) is 39.6 Å². The van der Waals surface area contributed by atoms with Crippen LogP contribution in [0.15, 0.2) is 48.5 Å². The SMILES string of the molecule is CCCS(=O)(=O)CC1CN(c2ccc3c(c2)C(Cc2ccccc2)C(CC)CO3)C1. The molecule has 0 aromatic heterocycles. The first kappa shape index (κ1) is 21.2. The van der Waals surface area contributed by atoms with Crippen molar-refractivity contribution in [2.45, 2.75) is 39.0 Å². The van der Waals surface area contributed by atoms with Gasteiger partial charge in [0.1, 0.15) is 5.75 Å². The van der Waals surface area contributed by atoms with Gasteiger partial charge in [0, 0.05) is 36.4 Å². The van der Waals surface area contributed by atoms with Gasteiger partial charge in [-0.25, -0.2) is 8.42 Å². The van der Waals surface area contributed by atoms with Gasteiger partial charge in [-0.05, 0) is 54.5 Å². The molecule has 0 N–H and O–H groups in total. The van der Waals surface area contributed by atoms with Crippen molar-refractivity contribution < 1.29 is 13.2 Å². The van der Waals surface area contributed by atoms with Gasteiger partial charge in [0.2, 0.25) is 0 Å². The van der Waals surface area contributed by atoms with Crippen molar-refractivity contribution in [2.24, 2.45) is 11.8 Å². The summed E-state index contributed by atoms with van der Waals surface area (Å²) in [5, 5.41) is 0. The van der Waals surface area contributed by atoms with Crippen LogP contribution in [0.3, 0.4) is 0 Å². The molecular formula is C25H33NO3S. The number of anilines is 1. The van der Waals surface area contributed by atoms with Crippen LogP contribution in [0, 0.1) is 11.8 Å². The fraction of sp³-hybridized carbons (Fsp3) is 0.520. The molecule has 1 saturated heterocycles. The Bertz CT molecular complexity index is 952. The number of rotatable bonds is 8. The molecule has 2 aromatic carbocycles. The summed E-state index contributed by atoms with van der Waals surface area (Å²) >= 11 is 0. The second kappa shape index (κ2) is 9.01. The summed E-state index contributed by atoms with van der Waals surface area (Å²) in [5.74, 6) is 2.84. The predicted molar refractivity (Wildman–Crippen MR) is 123 cm³/mol. The highest BCUT2D eigenvalue weighted by Crippen LogP contribution is 2.43. The maximum Gasteiger partial charge on any atom is 0.150 e. The molecule has 4 rings (SSSR count). The summed E-state index contributed by atoms with van der Waals surface area (Å²) in [7, 11) is -2.91. The van der Waals surface area contributed by atoms with Gasteiger partial charge in [0.15, 0.2) is 9.84 Å². The van der Waals surface area contributed by atoms with E-state index < -0.39 is 9.84 Å². The Kier molecular flexibility index (Phi) is 6.37. The second-order valence-corrected chi connectivity index (χ2v) is 11.1. The molecule has 4 nitrogen and oxygen atoms in total. The van der Waals surface area contributed by atoms with Gasteiger partial charge in [0.05, 0.1) is 12.4 Å². The summed E-state index contributed by atoms with van der Waals surface area (Å²) in [4.78, 5) is 2.31. The zero-order valence-corrected chi connectivity index (χ0v) is 18.9. The van der Waals surface area contributed by atoms with Crippen LogP contribution in [0.4, 0.5) is 5.69 Å². The van der Waals surface area contributed by atoms with Crippen LogP contribution in [0.25, 0.3) is 0 Å². The molecule has 1 fully saturated rings. The molecule has 0 radical (unpaired) electrons. The van der Waals surface area contributed by atoms with Crippen molar-refractivity contribution >= 4 is 15.5 Å². The van der Waals surface area contributed by atoms with Gasteiger partial charge in [-0.1, -0.05) is 44.2 Å². The van der Waals surface area contributed by atoms with Crippen molar-refractivity contribution in [3.63, 3.8) is 0 Å². The van der Waals surface area contributed by atoms with E-state index in [-0.39, 0.29) is 5.92 Å². The molecule has 0 aliphatic carbocycles. The monoisotopic (exact) mass is 427 g/mol. The molecular weight excluding hydrogens is 394 g/mol. The lowest BCUT2D eigenvalue weighted by molar-refractivity contribution is 0.188. The third-order valence-electron chi connectivity index (χ3n) is 6.56. The number of nitrogens with zero attached hydrogens (tertiary/aromatic N) is 1. The van der Waals surface area contributed by atoms with Gasteiger partial charge in [-0.3, -0.25) is 0 Å². The molecule has 5 heteroatoms. The Morgan fingerprint density at radius 3 is 2.53 bits per heavy atom. The molecule has 2 heterocycles. The Morgan fingerprint density at radius 1 is 1.07 bits per heavy atom. The minimum absolute atomic E-state index is 0.248. The molecule has 0 amide bonds. The zero-order chi connectivity index (χ0) is 21.1. The Morgan fingerprint density at radius 2 is 1.83 bits per heavy atom. The van der Waals surface area contributed by atoms with Crippen LogP contribution < -0.4 is 9.64 Å². The maximum atomic E-state index is 12.1. The number of sulfone groups is 1. The van der Waals surface area contributed by atoms with E-state index in [0.717, 1.165) is 38.3 Å². The minimum Gasteiger partial charge on any atom is -0.493 e. The van der Waals surface area contributed by atoms with E-state index in [2.05, 4.69) is 60.4 Å². The summed E-state index contributed by atoms with van der Waals surface area (Å²) < 4.78 is 30.3.